The zero-order chi connectivity index (χ0) is 14.9. The molecule has 1 aromatic carbocycles. The molecular weight excluding hydrogens is 264 g/mol. The second kappa shape index (κ2) is 8.55. The number of amides is 1. The maximum absolute atomic E-state index is 10.8. The van der Waals surface area contributed by atoms with E-state index in [2.05, 4.69) is 5.32 Å². The molecule has 0 heterocycles. The molecule has 0 aromatic heterocycles. The van der Waals surface area contributed by atoms with Gasteiger partial charge in [-0.15, -0.1) is 0 Å². The fourth-order valence-corrected chi connectivity index (χ4v) is 2.79. The van der Waals surface area contributed by atoms with Crippen LogP contribution in [0, 0.1) is 0 Å². The van der Waals surface area contributed by atoms with Crippen molar-refractivity contribution in [1.29, 1.82) is 0 Å². The first-order chi connectivity index (χ1) is 10.3. The molecule has 0 saturated heterocycles. The Morgan fingerprint density at radius 1 is 1.14 bits per heavy atom. The van der Waals surface area contributed by atoms with Crippen LogP contribution in [0.1, 0.15) is 51.4 Å². The molecule has 3 N–H and O–H groups in total. The van der Waals surface area contributed by atoms with E-state index in [0.29, 0.717) is 12.6 Å². The molecule has 1 aliphatic rings. The monoisotopic (exact) mass is 290 g/mol. The molecule has 0 bridgehead atoms. The number of primary amides is 1. The lowest BCUT2D eigenvalue weighted by atomic mass is 9.96. The minimum absolute atomic E-state index is 0.248. The summed E-state index contributed by atoms with van der Waals surface area (Å²) in [5.74, 6) is 0.473. The minimum Gasteiger partial charge on any atom is -0.491 e. The van der Waals surface area contributed by atoms with Gasteiger partial charge >= 0.3 is 0 Å². The molecule has 0 spiro atoms. The van der Waals surface area contributed by atoms with Crippen molar-refractivity contribution in [2.24, 2.45) is 5.73 Å². The van der Waals surface area contributed by atoms with Crippen molar-refractivity contribution in [2.75, 3.05) is 11.9 Å². The largest absolute Gasteiger partial charge is 0.491 e. The average Bonchev–Trinajstić information content (AvgIpc) is 2.43. The SMILES string of the molecule is NC(=O)CCOc1ccccc1NC1CCCCCCC1. The van der Waals surface area contributed by atoms with E-state index in [1.807, 2.05) is 24.3 Å². The summed E-state index contributed by atoms with van der Waals surface area (Å²) in [5.41, 5.74) is 6.16. The van der Waals surface area contributed by atoms with Crippen LogP contribution in [0.3, 0.4) is 0 Å². The van der Waals surface area contributed by atoms with Crippen molar-refractivity contribution >= 4 is 11.6 Å². The van der Waals surface area contributed by atoms with Crippen LogP contribution in [0.5, 0.6) is 5.75 Å². The Balaban J connectivity index is 1.92. The van der Waals surface area contributed by atoms with Crippen molar-refractivity contribution in [2.45, 2.75) is 57.4 Å². The molecule has 0 aliphatic heterocycles. The summed E-state index contributed by atoms with van der Waals surface area (Å²) in [4.78, 5) is 10.8. The Bertz CT molecular complexity index is 440. The van der Waals surface area contributed by atoms with Crippen molar-refractivity contribution in [3.05, 3.63) is 24.3 Å². The lowest BCUT2D eigenvalue weighted by molar-refractivity contribution is -0.118. The van der Waals surface area contributed by atoms with Crippen LogP contribution in [-0.4, -0.2) is 18.6 Å². The summed E-state index contributed by atoms with van der Waals surface area (Å²) < 4.78 is 5.68. The Kier molecular flexibility index (Phi) is 6.38. The van der Waals surface area contributed by atoms with Crippen LogP contribution in [0.15, 0.2) is 24.3 Å². The predicted octanol–water partition coefficient (Wildman–Crippen LogP) is 3.47. The maximum Gasteiger partial charge on any atom is 0.220 e. The quantitative estimate of drug-likeness (QED) is 0.843. The molecule has 4 nitrogen and oxygen atoms in total. The lowest BCUT2D eigenvalue weighted by Gasteiger charge is -2.23. The van der Waals surface area contributed by atoms with Crippen LogP contribution in [0.4, 0.5) is 5.69 Å². The van der Waals surface area contributed by atoms with Crippen LogP contribution < -0.4 is 15.8 Å². The number of nitrogens with one attached hydrogen (secondary N) is 1. The summed E-state index contributed by atoms with van der Waals surface area (Å²) in [6.45, 7) is 0.332. The molecule has 1 aliphatic carbocycles. The third-order valence-corrected chi connectivity index (χ3v) is 3.96. The number of carbonyl (C=O) groups is 1. The van der Waals surface area contributed by atoms with E-state index in [-0.39, 0.29) is 12.3 Å². The Labute approximate surface area is 127 Å². The highest BCUT2D eigenvalue weighted by Gasteiger charge is 2.13. The van der Waals surface area contributed by atoms with Gasteiger partial charge in [-0.2, -0.15) is 0 Å². The molecule has 0 atom stereocenters. The standard InChI is InChI=1S/C17H26N2O2/c18-17(20)12-13-21-16-11-7-6-10-15(16)19-14-8-4-2-1-3-5-9-14/h6-7,10-11,14,19H,1-5,8-9,12-13H2,(H2,18,20). The van der Waals surface area contributed by atoms with Gasteiger partial charge in [-0.05, 0) is 25.0 Å². The third kappa shape index (κ3) is 5.66. The molecule has 1 saturated carbocycles. The summed E-state index contributed by atoms with van der Waals surface area (Å²) in [6, 6.07) is 8.45. The van der Waals surface area contributed by atoms with Crippen molar-refractivity contribution < 1.29 is 9.53 Å². The lowest BCUT2D eigenvalue weighted by Crippen LogP contribution is -2.21. The van der Waals surface area contributed by atoms with Gasteiger partial charge in [0.05, 0.1) is 18.7 Å². The number of hydrogen-bond donors (Lipinski definition) is 2. The van der Waals surface area contributed by atoms with Crippen LogP contribution >= 0.6 is 0 Å². The molecule has 116 valence electrons. The molecule has 4 heteroatoms. The number of hydrogen-bond acceptors (Lipinski definition) is 3. The fraction of sp³-hybridized carbons (Fsp3) is 0.588. The van der Waals surface area contributed by atoms with Crippen LogP contribution in [0.2, 0.25) is 0 Å². The Hall–Kier alpha value is -1.71. The number of ether oxygens (including phenoxy) is 1. The molecular formula is C17H26N2O2. The number of carbonyl (C=O) groups excluding carboxylic acids is 1. The van der Waals surface area contributed by atoms with E-state index in [1.54, 1.807) is 0 Å². The van der Waals surface area contributed by atoms with Gasteiger partial charge in [0.1, 0.15) is 5.75 Å². The first-order valence-electron chi connectivity index (χ1n) is 8.02. The third-order valence-electron chi connectivity index (χ3n) is 3.96. The van der Waals surface area contributed by atoms with Gasteiger partial charge in [0.2, 0.25) is 5.91 Å². The molecule has 1 amide bonds. The zero-order valence-corrected chi connectivity index (χ0v) is 12.6. The van der Waals surface area contributed by atoms with Gasteiger partial charge in [-0.1, -0.05) is 44.2 Å². The summed E-state index contributed by atoms with van der Waals surface area (Å²) in [7, 11) is 0. The minimum atomic E-state index is -0.333. The van der Waals surface area contributed by atoms with Crippen LogP contribution in [-0.2, 0) is 4.79 Å². The second-order valence-electron chi connectivity index (χ2n) is 5.75. The number of benzene rings is 1. The average molecular weight is 290 g/mol. The maximum atomic E-state index is 10.8. The number of para-hydroxylation sites is 2. The van der Waals surface area contributed by atoms with Crippen molar-refractivity contribution in [3.63, 3.8) is 0 Å². The van der Waals surface area contributed by atoms with Crippen molar-refractivity contribution in [3.8, 4) is 5.75 Å². The zero-order valence-electron chi connectivity index (χ0n) is 12.6. The first-order valence-corrected chi connectivity index (χ1v) is 8.02. The van der Waals surface area contributed by atoms with Crippen LogP contribution in [0.25, 0.3) is 0 Å². The first kappa shape index (κ1) is 15.7. The van der Waals surface area contributed by atoms with E-state index < -0.39 is 0 Å². The summed E-state index contributed by atoms with van der Waals surface area (Å²) >= 11 is 0. The van der Waals surface area contributed by atoms with Crippen molar-refractivity contribution in [1.82, 2.24) is 0 Å². The summed E-state index contributed by atoms with van der Waals surface area (Å²) in [6.07, 6.45) is 9.33. The van der Waals surface area contributed by atoms with Gasteiger partial charge in [0.15, 0.2) is 0 Å². The van der Waals surface area contributed by atoms with Gasteiger partial charge in [0, 0.05) is 6.04 Å². The molecule has 21 heavy (non-hydrogen) atoms. The molecule has 2 rings (SSSR count). The van der Waals surface area contributed by atoms with E-state index in [1.165, 1.54) is 44.9 Å². The predicted molar refractivity (Wildman–Crippen MR) is 85.5 cm³/mol. The normalized spacial score (nSPS) is 16.8. The van der Waals surface area contributed by atoms with Gasteiger partial charge in [-0.25, -0.2) is 0 Å². The van der Waals surface area contributed by atoms with Gasteiger partial charge in [0.25, 0.3) is 0 Å². The Morgan fingerprint density at radius 3 is 2.52 bits per heavy atom. The highest BCUT2D eigenvalue weighted by Crippen LogP contribution is 2.27. The summed E-state index contributed by atoms with van der Waals surface area (Å²) in [5, 5.41) is 3.61. The highest BCUT2D eigenvalue weighted by molar-refractivity contribution is 5.73. The van der Waals surface area contributed by atoms with E-state index in [0.717, 1.165) is 11.4 Å². The number of nitrogens with two attached hydrogens (primary N) is 1. The second-order valence-corrected chi connectivity index (χ2v) is 5.75. The van der Waals surface area contributed by atoms with E-state index in [4.69, 9.17) is 10.5 Å². The molecule has 1 aromatic rings. The van der Waals surface area contributed by atoms with Gasteiger partial charge in [-0.3, -0.25) is 4.79 Å². The number of rotatable bonds is 6. The fourth-order valence-electron chi connectivity index (χ4n) is 2.79. The van der Waals surface area contributed by atoms with Gasteiger partial charge < -0.3 is 15.8 Å². The molecule has 0 unspecified atom stereocenters. The van der Waals surface area contributed by atoms with E-state index in [9.17, 15) is 4.79 Å². The molecule has 1 fully saturated rings. The molecule has 0 radical (unpaired) electrons. The van der Waals surface area contributed by atoms with E-state index >= 15 is 0 Å². The smallest absolute Gasteiger partial charge is 0.220 e. The number of anilines is 1. The topological polar surface area (TPSA) is 64.4 Å². The Morgan fingerprint density at radius 2 is 1.81 bits per heavy atom. The highest BCUT2D eigenvalue weighted by atomic mass is 16.5.